The first-order valence-corrected chi connectivity index (χ1v) is 8.01. The number of nitrogens with one attached hydrogen (secondary N) is 1. The summed E-state index contributed by atoms with van der Waals surface area (Å²) in [5.41, 5.74) is 5.68. The summed E-state index contributed by atoms with van der Waals surface area (Å²) in [5, 5.41) is 3.76. The van der Waals surface area contributed by atoms with Crippen LogP contribution in [0.2, 0.25) is 0 Å². The first-order chi connectivity index (χ1) is 9.47. The number of benzene rings is 1. The van der Waals surface area contributed by atoms with Gasteiger partial charge in [0.2, 0.25) is 0 Å². The van der Waals surface area contributed by atoms with Gasteiger partial charge in [-0.05, 0) is 82.8 Å². The summed E-state index contributed by atoms with van der Waals surface area (Å²) in [5.74, 6) is 0. The van der Waals surface area contributed by atoms with Crippen LogP contribution >= 0.6 is 0 Å². The van der Waals surface area contributed by atoms with Crippen LogP contribution in [0.3, 0.4) is 0 Å². The molecule has 0 aliphatic carbocycles. The van der Waals surface area contributed by atoms with Gasteiger partial charge in [-0.15, -0.1) is 0 Å². The van der Waals surface area contributed by atoms with E-state index in [9.17, 15) is 0 Å². The number of likely N-dealkylation sites (tertiary alicyclic amines) is 1. The van der Waals surface area contributed by atoms with Crippen LogP contribution in [0.5, 0.6) is 0 Å². The van der Waals surface area contributed by atoms with E-state index in [1.54, 1.807) is 0 Å². The zero-order chi connectivity index (χ0) is 14.7. The second-order valence-electron chi connectivity index (χ2n) is 6.65. The summed E-state index contributed by atoms with van der Waals surface area (Å²) in [6, 6.07) is 6.04. The van der Waals surface area contributed by atoms with Crippen molar-refractivity contribution < 1.29 is 0 Å². The highest BCUT2D eigenvalue weighted by Gasteiger charge is 2.20. The minimum atomic E-state index is 0.686. The quantitative estimate of drug-likeness (QED) is 0.903. The van der Waals surface area contributed by atoms with Gasteiger partial charge in [-0.3, -0.25) is 0 Å². The van der Waals surface area contributed by atoms with Gasteiger partial charge < -0.3 is 10.2 Å². The third-order valence-electron chi connectivity index (χ3n) is 4.79. The predicted octanol–water partition coefficient (Wildman–Crippen LogP) is 3.57. The Morgan fingerprint density at radius 1 is 1.05 bits per heavy atom. The SMILES string of the molecule is Cc1cc(C)c(CNC2CCN(C(C)C)CC2)cc1C. The fourth-order valence-electron chi connectivity index (χ4n) is 3.09. The summed E-state index contributed by atoms with van der Waals surface area (Å²) in [6.45, 7) is 14.7. The first kappa shape index (κ1) is 15.5. The molecule has 20 heavy (non-hydrogen) atoms. The molecule has 2 nitrogen and oxygen atoms in total. The molecule has 0 bridgehead atoms. The molecule has 0 amide bonds. The summed E-state index contributed by atoms with van der Waals surface area (Å²) in [6.07, 6.45) is 2.56. The average Bonchev–Trinajstić information content (AvgIpc) is 2.42. The number of piperidine rings is 1. The van der Waals surface area contributed by atoms with E-state index >= 15 is 0 Å². The van der Waals surface area contributed by atoms with Crippen LogP contribution in [0.4, 0.5) is 0 Å². The molecule has 1 aliphatic heterocycles. The molecule has 1 aromatic rings. The van der Waals surface area contributed by atoms with E-state index in [2.05, 4.69) is 57.0 Å². The molecule has 1 N–H and O–H groups in total. The second-order valence-corrected chi connectivity index (χ2v) is 6.65. The van der Waals surface area contributed by atoms with Crippen molar-refractivity contribution in [2.75, 3.05) is 13.1 Å². The van der Waals surface area contributed by atoms with E-state index in [-0.39, 0.29) is 0 Å². The Morgan fingerprint density at radius 3 is 2.25 bits per heavy atom. The summed E-state index contributed by atoms with van der Waals surface area (Å²) in [7, 11) is 0. The third-order valence-corrected chi connectivity index (χ3v) is 4.79. The first-order valence-electron chi connectivity index (χ1n) is 8.01. The van der Waals surface area contributed by atoms with Crippen molar-refractivity contribution in [1.29, 1.82) is 0 Å². The zero-order valence-corrected chi connectivity index (χ0v) is 13.8. The normalized spacial score (nSPS) is 17.9. The standard InChI is InChI=1S/C18H30N2/c1-13(2)20-8-6-18(7-9-20)19-12-17-11-15(4)14(3)10-16(17)5/h10-11,13,18-19H,6-9,12H2,1-5H3. The maximum absolute atomic E-state index is 3.76. The molecule has 1 heterocycles. The van der Waals surface area contributed by atoms with E-state index < -0.39 is 0 Å². The Hall–Kier alpha value is -0.860. The Labute approximate surface area is 124 Å². The summed E-state index contributed by atoms with van der Waals surface area (Å²) >= 11 is 0. The van der Waals surface area contributed by atoms with Crippen molar-refractivity contribution in [3.8, 4) is 0 Å². The highest BCUT2D eigenvalue weighted by atomic mass is 15.2. The lowest BCUT2D eigenvalue weighted by Crippen LogP contribution is -2.44. The molecule has 1 fully saturated rings. The molecule has 1 saturated heterocycles. The largest absolute Gasteiger partial charge is 0.310 e. The van der Waals surface area contributed by atoms with Crippen molar-refractivity contribution >= 4 is 0 Å². The van der Waals surface area contributed by atoms with Crippen molar-refractivity contribution in [3.05, 3.63) is 34.4 Å². The van der Waals surface area contributed by atoms with Crippen LogP contribution in [0.25, 0.3) is 0 Å². The van der Waals surface area contributed by atoms with E-state index in [0.717, 1.165) is 6.54 Å². The average molecular weight is 274 g/mol. The summed E-state index contributed by atoms with van der Waals surface area (Å²) in [4.78, 5) is 2.58. The van der Waals surface area contributed by atoms with Crippen LogP contribution in [-0.2, 0) is 6.54 Å². The molecule has 2 rings (SSSR count). The number of hydrogen-bond acceptors (Lipinski definition) is 2. The van der Waals surface area contributed by atoms with Gasteiger partial charge in [0.1, 0.15) is 0 Å². The summed E-state index contributed by atoms with van der Waals surface area (Å²) < 4.78 is 0. The molecule has 1 aromatic carbocycles. The molecular weight excluding hydrogens is 244 g/mol. The Bertz CT molecular complexity index is 443. The second kappa shape index (κ2) is 6.73. The van der Waals surface area contributed by atoms with Gasteiger partial charge in [0.25, 0.3) is 0 Å². The molecule has 0 radical (unpaired) electrons. The van der Waals surface area contributed by atoms with Crippen molar-refractivity contribution in [1.82, 2.24) is 10.2 Å². The Balaban J connectivity index is 1.86. The number of rotatable bonds is 4. The Kier molecular flexibility index (Phi) is 5.22. The van der Waals surface area contributed by atoms with Crippen LogP contribution in [0.1, 0.15) is 48.9 Å². The lowest BCUT2D eigenvalue weighted by atomic mass is 9.99. The van der Waals surface area contributed by atoms with Gasteiger partial charge in [-0.1, -0.05) is 12.1 Å². The van der Waals surface area contributed by atoms with Gasteiger partial charge in [-0.2, -0.15) is 0 Å². The van der Waals surface area contributed by atoms with Crippen LogP contribution in [0, 0.1) is 20.8 Å². The molecule has 0 unspecified atom stereocenters. The van der Waals surface area contributed by atoms with Gasteiger partial charge in [0.05, 0.1) is 0 Å². The van der Waals surface area contributed by atoms with Gasteiger partial charge in [0.15, 0.2) is 0 Å². The molecule has 2 heteroatoms. The van der Waals surface area contributed by atoms with Gasteiger partial charge in [0, 0.05) is 18.6 Å². The van der Waals surface area contributed by atoms with E-state index in [1.165, 1.54) is 48.2 Å². The monoisotopic (exact) mass is 274 g/mol. The smallest absolute Gasteiger partial charge is 0.0210 e. The highest BCUT2D eigenvalue weighted by molar-refractivity contribution is 5.36. The van der Waals surface area contributed by atoms with Crippen LogP contribution in [-0.4, -0.2) is 30.1 Å². The molecule has 0 aromatic heterocycles. The predicted molar refractivity (Wildman–Crippen MR) is 87.2 cm³/mol. The molecule has 112 valence electrons. The maximum atomic E-state index is 3.76. The fraction of sp³-hybridized carbons (Fsp3) is 0.667. The zero-order valence-electron chi connectivity index (χ0n) is 13.8. The van der Waals surface area contributed by atoms with E-state index in [0.29, 0.717) is 12.1 Å². The topological polar surface area (TPSA) is 15.3 Å². The van der Waals surface area contributed by atoms with E-state index in [1.807, 2.05) is 0 Å². The fourth-order valence-corrected chi connectivity index (χ4v) is 3.09. The van der Waals surface area contributed by atoms with Gasteiger partial charge in [-0.25, -0.2) is 0 Å². The Morgan fingerprint density at radius 2 is 1.65 bits per heavy atom. The lowest BCUT2D eigenvalue weighted by molar-refractivity contribution is 0.161. The van der Waals surface area contributed by atoms with Crippen molar-refractivity contribution in [2.45, 2.75) is 66.1 Å². The maximum Gasteiger partial charge on any atom is 0.0210 e. The van der Waals surface area contributed by atoms with Crippen molar-refractivity contribution in [2.24, 2.45) is 0 Å². The minimum absolute atomic E-state index is 0.686. The number of hydrogen-bond donors (Lipinski definition) is 1. The third kappa shape index (κ3) is 3.83. The van der Waals surface area contributed by atoms with E-state index in [4.69, 9.17) is 0 Å². The molecule has 0 saturated carbocycles. The minimum Gasteiger partial charge on any atom is -0.310 e. The van der Waals surface area contributed by atoms with Crippen LogP contribution in [0.15, 0.2) is 12.1 Å². The molecule has 0 spiro atoms. The van der Waals surface area contributed by atoms with Crippen molar-refractivity contribution in [3.63, 3.8) is 0 Å². The number of aryl methyl sites for hydroxylation is 3. The highest BCUT2D eigenvalue weighted by Crippen LogP contribution is 2.17. The number of nitrogens with zero attached hydrogens (tertiary/aromatic N) is 1. The molecular formula is C18H30N2. The molecule has 1 aliphatic rings. The molecule has 0 atom stereocenters. The van der Waals surface area contributed by atoms with Gasteiger partial charge >= 0.3 is 0 Å². The van der Waals surface area contributed by atoms with Crippen LogP contribution < -0.4 is 5.32 Å². The lowest BCUT2D eigenvalue weighted by Gasteiger charge is -2.35.